The SMILES string of the molecule is C=C1/C(=C\C=C2/CCC[C@]3(C)[C@@H]([C@@H](C)OCCCC(CC)CC)CC[C@@H]23)C[C@@H](O)C[C@@H]1O. The lowest BCUT2D eigenvalue weighted by Crippen LogP contribution is -2.38. The average Bonchev–Trinajstić information content (AvgIpc) is 3.12. The maximum absolute atomic E-state index is 10.2. The molecule has 0 heterocycles. The second-order valence-electron chi connectivity index (χ2n) is 11.1. The van der Waals surface area contributed by atoms with Gasteiger partial charge in [0.1, 0.15) is 0 Å². The molecule has 6 atom stereocenters. The van der Waals surface area contributed by atoms with Gasteiger partial charge in [-0.05, 0) is 92.6 Å². The van der Waals surface area contributed by atoms with Gasteiger partial charge in [-0.3, -0.25) is 0 Å². The fourth-order valence-corrected chi connectivity index (χ4v) is 6.97. The van der Waals surface area contributed by atoms with Gasteiger partial charge in [-0.1, -0.05) is 57.9 Å². The van der Waals surface area contributed by atoms with Crippen molar-refractivity contribution in [1.82, 2.24) is 0 Å². The van der Waals surface area contributed by atoms with Crippen LogP contribution in [0.3, 0.4) is 0 Å². The van der Waals surface area contributed by atoms with E-state index in [0.29, 0.717) is 36.2 Å². The number of ether oxygens (including phenoxy) is 1. The van der Waals surface area contributed by atoms with Gasteiger partial charge < -0.3 is 14.9 Å². The van der Waals surface area contributed by atoms with Crippen LogP contribution in [0.2, 0.25) is 0 Å². The first-order chi connectivity index (χ1) is 15.3. The molecule has 3 aliphatic rings. The summed E-state index contributed by atoms with van der Waals surface area (Å²) in [5.41, 5.74) is 3.67. The van der Waals surface area contributed by atoms with E-state index in [1.807, 2.05) is 0 Å². The minimum atomic E-state index is -0.612. The fraction of sp³-hybridized carbons (Fsp3) is 0.793. The molecule has 0 aliphatic heterocycles. The molecule has 2 N–H and O–H groups in total. The molecule has 0 amide bonds. The van der Waals surface area contributed by atoms with Crippen LogP contribution < -0.4 is 0 Å². The second-order valence-corrected chi connectivity index (χ2v) is 11.1. The zero-order valence-corrected chi connectivity index (χ0v) is 21.1. The Morgan fingerprint density at radius 3 is 2.66 bits per heavy atom. The van der Waals surface area contributed by atoms with E-state index >= 15 is 0 Å². The van der Waals surface area contributed by atoms with Crippen LogP contribution in [-0.2, 0) is 4.74 Å². The molecule has 3 heteroatoms. The Bertz CT molecular complexity index is 689. The van der Waals surface area contributed by atoms with Gasteiger partial charge in [0.15, 0.2) is 0 Å². The summed E-state index contributed by atoms with van der Waals surface area (Å²) < 4.78 is 6.41. The number of aliphatic hydroxyl groups is 2. The van der Waals surface area contributed by atoms with Crippen LogP contribution in [0.4, 0.5) is 0 Å². The smallest absolute Gasteiger partial charge is 0.0811 e. The molecule has 0 radical (unpaired) electrons. The molecule has 182 valence electrons. The van der Waals surface area contributed by atoms with Gasteiger partial charge in [0.25, 0.3) is 0 Å². The first kappa shape index (κ1) is 25.7. The van der Waals surface area contributed by atoms with Gasteiger partial charge in [0, 0.05) is 13.0 Å². The highest BCUT2D eigenvalue weighted by atomic mass is 16.5. The molecule has 0 aromatic rings. The molecule has 0 saturated heterocycles. The van der Waals surface area contributed by atoms with Gasteiger partial charge in [-0.15, -0.1) is 0 Å². The van der Waals surface area contributed by atoms with Crippen molar-refractivity contribution < 1.29 is 14.9 Å². The number of hydrogen-bond acceptors (Lipinski definition) is 3. The quantitative estimate of drug-likeness (QED) is 0.387. The first-order valence-electron chi connectivity index (χ1n) is 13.4. The fourth-order valence-electron chi connectivity index (χ4n) is 6.97. The molecule has 0 aromatic carbocycles. The molecule has 0 aromatic heterocycles. The van der Waals surface area contributed by atoms with E-state index in [1.54, 1.807) is 5.57 Å². The van der Waals surface area contributed by atoms with Crippen molar-refractivity contribution in [3.63, 3.8) is 0 Å². The summed E-state index contributed by atoms with van der Waals surface area (Å²) >= 11 is 0. The first-order valence-corrected chi connectivity index (χ1v) is 13.4. The molecule has 32 heavy (non-hydrogen) atoms. The van der Waals surface area contributed by atoms with Gasteiger partial charge >= 0.3 is 0 Å². The van der Waals surface area contributed by atoms with E-state index in [2.05, 4.69) is 46.4 Å². The van der Waals surface area contributed by atoms with E-state index in [-0.39, 0.29) is 0 Å². The standard InChI is InChI=1S/C29H48O3/c1-6-22(7-2)10-9-17-32-21(4)26-14-15-27-23(11-8-16-29(26,27)5)12-13-24-18-25(30)19-28(31)20(24)3/h12-13,21-22,25-28,30-31H,3,6-11,14-19H2,1-2,4-5H3/b23-12+,24-13-/t21-,25-,26-,27+,28+,29-/m1/s1. The Morgan fingerprint density at radius 1 is 1.19 bits per heavy atom. The lowest BCUT2D eigenvalue weighted by Gasteiger charge is -2.44. The highest BCUT2D eigenvalue weighted by molar-refractivity contribution is 5.38. The second kappa shape index (κ2) is 11.5. The van der Waals surface area contributed by atoms with Crippen molar-refractivity contribution in [2.75, 3.05) is 6.61 Å². The molecule has 3 aliphatic carbocycles. The average molecular weight is 445 g/mol. The summed E-state index contributed by atoms with van der Waals surface area (Å²) in [7, 11) is 0. The monoisotopic (exact) mass is 444 g/mol. The highest BCUT2D eigenvalue weighted by Crippen LogP contribution is 2.58. The predicted octanol–water partition coefficient (Wildman–Crippen LogP) is 6.75. The zero-order chi connectivity index (χ0) is 23.3. The van der Waals surface area contributed by atoms with Gasteiger partial charge in [-0.25, -0.2) is 0 Å². The normalized spacial score (nSPS) is 36.8. The van der Waals surface area contributed by atoms with E-state index < -0.39 is 12.2 Å². The predicted molar refractivity (Wildman–Crippen MR) is 133 cm³/mol. The summed E-state index contributed by atoms with van der Waals surface area (Å²) in [6.07, 6.45) is 16.0. The van der Waals surface area contributed by atoms with E-state index in [0.717, 1.165) is 23.7 Å². The molecule has 3 nitrogen and oxygen atoms in total. The summed E-state index contributed by atoms with van der Waals surface area (Å²) in [6, 6.07) is 0. The topological polar surface area (TPSA) is 49.7 Å². The number of allylic oxidation sites excluding steroid dienone is 3. The van der Waals surface area contributed by atoms with Crippen LogP contribution in [0.15, 0.2) is 35.5 Å². The van der Waals surface area contributed by atoms with Gasteiger partial charge in [0.05, 0.1) is 18.3 Å². The summed E-state index contributed by atoms with van der Waals surface area (Å²) in [6.45, 7) is 14.4. The van der Waals surface area contributed by atoms with E-state index in [9.17, 15) is 10.2 Å². The number of rotatable bonds is 9. The van der Waals surface area contributed by atoms with Crippen LogP contribution in [0, 0.1) is 23.2 Å². The molecule has 0 spiro atoms. The molecular formula is C29H48O3. The maximum Gasteiger partial charge on any atom is 0.0811 e. The Hall–Kier alpha value is -0.900. The third-order valence-electron chi connectivity index (χ3n) is 9.16. The lowest BCUT2D eigenvalue weighted by molar-refractivity contribution is -0.0268. The van der Waals surface area contributed by atoms with Crippen molar-refractivity contribution in [1.29, 1.82) is 0 Å². The lowest BCUT2D eigenvalue weighted by atomic mass is 9.62. The van der Waals surface area contributed by atoms with Crippen LogP contribution in [0.25, 0.3) is 0 Å². The van der Waals surface area contributed by atoms with Crippen molar-refractivity contribution >= 4 is 0 Å². The Morgan fingerprint density at radius 2 is 1.94 bits per heavy atom. The number of aliphatic hydroxyl groups excluding tert-OH is 2. The Labute approximate surface area is 197 Å². The van der Waals surface area contributed by atoms with E-state index in [4.69, 9.17) is 4.74 Å². The summed E-state index contributed by atoms with van der Waals surface area (Å²) in [4.78, 5) is 0. The third-order valence-corrected chi connectivity index (χ3v) is 9.16. The number of hydrogen-bond donors (Lipinski definition) is 2. The van der Waals surface area contributed by atoms with Crippen LogP contribution in [0.5, 0.6) is 0 Å². The van der Waals surface area contributed by atoms with Gasteiger partial charge in [-0.2, -0.15) is 0 Å². The largest absolute Gasteiger partial charge is 0.393 e. The molecular weight excluding hydrogens is 396 g/mol. The van der Waals surface area contributed by atoms with Crippen molar-refractivity contribution in [3.8, 4) is 0 Å². The molecule has 3 fully saturated rings. The van der Waals surface area contributed by atoms with Crippen molar-refractivity contribution in [2.24, 2.45) is 23.2 Å². The number of fused-ring (bicyclic) bond motifs is 1. The minimum Gasteiger partial charge on any atom is -0.393 e. The van der Waals surface area contributed by atoms with Crippen molar-refractivity contribution in [3.05, 3.63) is 35.5 Å². The zero-order valence-electron chi connectivity index (χ0n) is 21.1. The van der Waals surface area contributed by atoms with Crippen LogP contribution in [-0.4, -0.2) is 35.1 Å². The van der Waals surface area contributed by atoms with Crippen LogP contribution >= 0.6 is 0 Å². The Kier molecular flexibility index (Phi) is 9.23. The summed E-state index contributed by atoms with van der Waals surface area (Å²) in [5, 5.41) is 20.2. The molecule has 0 bridgehead atoms. The minimum absolute atomic E-state index is 0.319. The van der Waals surface area contributed by atoms with Crippen LogP contribution in [0.1, 0.15) is 98.3 Å². The molecule has 3 saturated carbocycles. The maximum atomic E-state index is 10.2. The molecule has 0 unspecified atom stereocenters. The third kappa shape index (κ3) is 5.77. The summed E-state index contributed by atoms with van der Waals surface area (Å²) in [5.74, 6) is 2.11. The highest BCUT2D eigenvalue weighted by Gasteiger charge is 2.51. The van der Waals surface area contributed by atoms with Gasteiger partial charge in [0.2, 0.25) is 0 Å². The Balaban J connectivity index is 1.62. The van der Waals surface area contributed by atoms with E-state index in [1.165, 1.54) is 57.8 Å². The van der Waals surface area contributed by atoms with Crippen molar-refractivity contribution in [2.45, 2.75) is 117 Å². The molecule has 3 rings (SSSR count).